The van der Waals surface area contributed by atoms with Gasteiger partial charge in [-0.3, -0.25) is 9.59 Å². The summed E-state index contributed by atoms with van der Waals surface area (Å²) in [6, 6.07) is 9.89. The number of carbonyl (C=O) groups is 2. The van der Waals surface area contributed by atoms with Gasteiger partial charge in [0, 0.05) is 12.8 Å². The van der Waals surface area contributed by atoms with Gasteiger partial charge in [-0.05, 0) is 17.4 Å². The van der Waals surface area contributed by atoms with Crippen molar-refractivity contribution in [3.63, 3.8) is 0 Å². The molecule has 20 heavy (non-hydrogen) atoms. The summed E-state index contributed by atoms with van der Waals surface area (Å²) in [5.41, 5.74) is 1.08. The van der Waals surface area contributed by atoms with E-state index >= 15 is 0 Å². The number of rotatable bonds is 3. The highest BCUT2D eigenvalue weighted by Crippen LogP contribution is 2.37. The second-order valence-corrected chi connectivity index (χ2v) is 6.41. The summed E-state index contributed by atoms with van der Waals surface area (Å²) in [6.45, 7) is 3.76. The summed E-state index contributed by atoms with van der Waals surface area (Å²) in [6.07, 6.45) is 4.75. The van der Waals surface area contributed by atoms with Crippen LogP contribution in [0.5, 0.6) is 0 Å². The van der Waals surface area contributed by atoms with Gasteiger partial charge in [-0.2, -0.15) is 12.6 Å². The van der Waals surface area contributed by atoms with E-state index in [0.29, 0.717) is 12.8 Å². The number of benzene rings is 1. The molecule has 0 unspecified atom stereocenters. The Bertz CT molecular complexity index is 513. The minimum atomic E-state index is -1.09. The van der Waals surface area contributed by atoms with E-state index in [1.54, 1.807) is 0 Å². The monoisotopic (exact) mass is 288 g/mol. The zero-order chi connectivity index (χ0) is 14.8. The van der Waals surface area contributed by atoms with Crippen LogP contribution in [0.2, 0.25) is 0 Å². The van der Waals surface area contributed by atoms with Crippen molar-refractivity contribution in [2.75, 3.05) is 0 Å². The first-order chi connectivity index (χ1) is 9.44. The van der Waals surface area contributed by atoms with E-state index in [-0.39, 0.29) is 23.4 Å². The molecule has 1 fully saturated rings. The molecule has 1 aliphatic carbocycles. The van der Waals surface area contributed by atoms with Crippen LogP contribution in [-0.2, 0) is 9.59 Å². The fourth-order valence-electron chi connectivity index (χ4n) is 2.61. The Kier molecular flexibility index (Phi) is 4.48. The molecule has 1 aliphatic rings. The van der Waals surface area contributed by atoms with Gasteiger partial charge in [0.2, 0.25) is 0 Å². The van der Waals surface area contributed by atoms with Gasteiger partial charge >= 0.3 is 0 Å². The maximum atomic E-state index is 12.3. The van der Waals surface area contributed by atoms with Crippen LogP contribution in [0.1, 0.15) is 32.3 Å². The molecule has 0 N–H and O–H groups in total. The predicted molar refractivity (Wildman–Crippen MR) is 84.8 cm³/mol. The minimum Gasteiger partial charge on any atom is -0.298 e. The van der Waals surface area contributed by atoms with E-state index in [0.717, 1.165) is 5.56 Å². The number of ketones is 2. The largest absolute Gasteiger partial charge is 0.298 e. The first-order valence-electron chi connectivity index (χ1n) is 6.96. The molecule has 0 amide bonds. The molecule has 0 aromatic heterocycles. The van der Waals surface area contributed by atoms with Crippen LogP contribution in [0.4, 0.5) is 0 Å². The highest BCUT2D eigenvalue weighted by molar-refractivity contribution is 7.83. The van der Waals surface area contributed by atoms with Gasteiger partial charge in [0.05, 0.1) is 0 Å². The summed E-state index contributed by atoms with van der Waals surface area (Å²) in [5, 5.41) is 0. The quantitative estimate of drug-likeness (QED) is 0.681. The standard InChI is InChI=1S/C17H20O2S/c1-12(2)17(20)15(18)10-14(11-16(17)19)9-8-13-6-4-3-5-7-13/h3-9,12,14,20H,10-11H2,1-2H3/b9-8+. The smallest absolute Gasteiger partial charge is 0.156 e. The van der Waals surface area contributed by atoms with Gasteiger partial charge in [0.15, 0.2) is 11.6 Å². The van der Waals surface area contributed by atoms with E-state index in [9.17, 15) is 9.59 Å². The van der Waals surface area contributed by atoms with E-state index in [1.165, 1.54) is 0 Å². The zero-order valence-electron chi connectivity index (χ0n) is 11.9. The van der Waals surface area contributed by atoms with Crippen molar-refractivity contribution < 1.29 is 9.59 Å². The Hall–Kier alpha value is -1.35. The van der Waals surface area contributed by atoms with E-state index in [4.69, 9.17) is 0 Å². The van der Waals surface area contributed by atoms with Crippen molar-refractivity contribution in [1.82, 2.24) is 0 Å². The molecule has 0 spiro atoms. The van der Waals surface area contributed by atoms with Crippen molar-refractivity contribution in [1.29, 1.82) is 0 Å². The third kappa shape index (κ3) is 2.88. The summed E-state index contributed by atoms with van der Waals surface area (Å²) in [4.78, 5) is 24.5. The number of hydrogen-bond donors (Lipinski definition) is 1. The fourth-order valence-corrected chi connectivity index (χ4v) is 2.79. The first-order valence-corrected chi connectivity index (χ1v) is 7.41. The molecule has 0 saturated heterocycles. The maximum Gasteiger partial charge on any atom is 0.156 e. The molecule has 2 nitrogen and oxygen atoms in total. The van der Waals surface area contributed by atoms with Crippen LogP contribution >= 0.6 is 12.6 Å². The Morgan fingerprint density at radius 1 is 1.15 bits per heavy atom. The highest BCUT2D eigenvalue weighted by Gasteiger charge is 2.48. The molecular formula is C17H20O2S. The highest BCUT2D eigenvalue weighted by atomic mass is 32.1. The maximum absolute atomic E-state index is 12.3. The molecule has 0 radical (unpaired) electrons. The average Bonchev–Trinajstić information content (AvgIpc) is 2.43. The Morgan fingerprint density at radius 2 is 1.70 bits per heavy atom. The third-order valence-corrected chi connectivity index (χ3v) is 4.96. The minimum absolute atomic E-state index is 0.00534. The lowest BCUT2D eigenvalue weighted by atomic mass is 9.74. The van der Waals surface area contributed by atoms with Gasteiger partial charge in [-0.25, -0.2) is 0 Å². The summed E-state index contributed by atoms with van der Waals surface area (Å²) in [7, 11) is 0. The Balaban J connectivity index is 2.10. The lowest BCUT2D eigenvalue weighted by Crippen LogP contribution is -2.50. The fraction of sp³-hybridized carbons (Fsp3) is 0.412. The molecule has 0 bridgehead atoms. The van der Waals surface area contributed by atoms with Crippen molar-refractivity contribution >= 4 is 30.3 Å². The predicted octanol–water partition coefficient (Wildman–Crippen LogP) is 3.57. The first kappa shape index (κ1) is 15.0. The van der Waals surface area contributed by atoms with Crippen LogP contribution in [-0.4, -0.2) is 16.3 Å². The Labute approximate surface area is 125 Å². The number of Topliss-reactive ketones (excluding diaryl/α,β-unsaturated/α-hetero) is 2. The Morgan fingerprint density at radius 3 is 2.20 bits per heavy atom. The SMILES string of the molecule is CC(C)C1(S)C(=O)CC(/C=C/c2ccccc2)CC1=O. The number of carbonyl (C=O) groups excluding carboxylic acids is 2. The summed E-state index contributed by atoms with van der Waals surface area (Å²) < 4.78 is -1.09. The summed E-state index contributed by atoms with van der Waals surface area (Å²) in [5.74, 6) is -0.163. The van der Waals surface area contributed by atoms with Gasteiger partial charge in [0.25, 0.3) is 0 Å². The molecule has 1 saturated carbocycles. The third-order valence-electron chi connectivity index (χ3n) is 3.94. The van der Waals surface area contributed by atoms with E-state index < -0.39 is 4.75 Å². The molecule has 1 aromatic carbocycles. The van der Waals surface area contributed by atoms with Crippen molar-refractivity contribution in [3.8, 4) is 0 Å². The molecule has 0 heterocycles. The topological polar surface area (TPSA) is 34.1 Å². The van der Waals surface area contributed by atoms with Crippen LogP contribution in [0.25, 0.3) is 6.08 Å². The van der Waals surface area contributed by atoms with Gasteiger partial charge in [-0.15, -0.1) is 0 Å². The van der Waals surface area contributed by atoms with Gasteiger partial charge in [0.1, 0.15) is 4.75 Å². The number of allylic oxidation sites excluding steroid dienone is 1. The number of hydrogen-bond acceptors (Lipinski definition) is 3. The zero-order valence-corrected chi connectivity index (χ0v) is 12.8. The molecule has 1 aromatic rings. The van der Waals surface area contributed by atoms with Crippen molar-refractivity contribution in [2.24, 2.45) is 11.8 Å². The lowest BCUT2D eigenvalue weighted by Gasteiger charge is -2.35. The molecule has 0 atom stereocenters. The van der Waals surface area contributed by atoms with Gasteiger partial charge < -0.3 is 0 Å². The van der Waals surface area contributed by atoms with Gasteiger partial charge in [-0.1, -0.05) is 56.3 Å². The second-order valence-electron chi connectivity index (χ2n) is 5.71. The molecule has 3 heteroatoms. The molecular weight excluding hydrogens is 268 g/mol. The van der Waals surface area contributed by atoms with Crippen molar-refractivity contribution in [3.05, 3.63) is 42.0 Å². The summed E-state index contributed by atoms with van der Waals surface area (Å²) >= 11 is 4.39. The average molecular weight is 288 g/mol. The van der Waals surface area contributed by atoms with E-state index in [2.05, 4.69) is 12.6 Å². The molecule has 106 valence electrons. The molecule has 0 aliphatic heterocycles. The lowest BCUT2D eigenvalue weighted by molar-refractivity contribution is -0.135. The normalized spacial score (nSPS) is 27.5. The van der Waals surface area contributed by atoms with E-state index in [1.807, 2.05) is 56.3 Å². The van der Waals surface area contributed by atoms with Crippen molar-refractivity contribution in [2.45, 2.75) is 31.4 Å². The van der Waals surface area contributed by atoms with Crippen LogP contribution in [0.15, 0.2) is 36.4 Å². The van der Waals surface area contributed by atoms with Crippen LogP contribution in [0.3, 0.4) is 0 Å². The van der Waals surface area contributed by atoms with Crippen LogP contribution in [0, 0.1) is 11.8 Å². The second kappa shape index (κ2) is 5.96. The number of thiol groups is 1. The van der Waals surface area contributed by atoms with Crippen LogP contribution < -0.4 is 0 Å². The molecule has 2 rings (SSSR count).